The third-order valence-electron chi connectivity index (χ3n) is 4.08. The highest BCUT2D eigenvalue weighted by molar-refractivity contribution is 4.96. The summed E-state index contributed by atoms with van der Waals surface area (Å²) in [6.07, 6.45) is 8.60. The van der Waals surface area contributed by atoms with Crippen LogP contribution in [0, 0.1) is 11.8 Å². The summed E-state index contributed by atoms with van der Waals surface area (Å²) in [5.74, 6) is 1.55. The lowest BCUT2D eigenvalue weighted by Gasteiger charge is -2.34. The van der Waals surface area contributed by atoms with Crippen LogP contribution in [0.2, 0.25) is 0 Å². The van der Waals surface area contributed by atoms with E-state index in [-0.39, 0.29) is 5.54 Å². The SMILES string of the molecule is Cn1cc(CC2CCCCC2CNC(C)(C)C)nn1. The Morgan fingerprint density at radius 3 is 2.53 bits per heavy atom. The van der Waals surface area contributed by atoms with E-state index >= 15 is 0 Å². The Bertz CT molecular complexity index is 391. The zero-order valence-electron chi connectivity index (χ0n) is 12.8. The highest BCUT2D eigenvalue weighted by atomic mass is 15.4. The molecular formula is C15H28N4. The number of rotatable bonds is 4. The number of hydrogen-bond acceptors (Lipinski definition) is 3. The van der Waals surface area contributed by atoms with E-state index < -0.39 is 0 Å². The first-order chi connectivity index (χ1) is 8.94. The molecule has 19 heavy (non-hydrogen) atoms. The maximum Gasteiger partial charge on any atom is 0.0829 e. The van der Waals surface area contributed by atoms with Gasteiger partial charge in [-0.3, -0.25) is 4.68 Å². The third-order valence-corrected chi connectivity index (χ3v) is 4.08. The molecule has 1 aromatic rings. The Kier molecular flexibility index (Phi) is 4.61. The Hall–Kier alpha value is -0.900. The highest BCUT2D eigenvalue weighted by Gasteiger charge is 2.27. The van der Waals surface area contributed by atoms with Gasteiger partial charge in [-0.05, 0) is 58.4 Å². The van der Waals surface area contributed by atoms with E-state index in [0.717, 1.165) is 30.5 Å². The summed E-state index contributed by atoms with van der Waals surface area (Å²) in [5, 5.41) is 12.0. The summed E-state index contributed by atoms with van der Waals surface area (Å²) < 4.78 is 1.81. The van der Waals surface area contributed by atoms with Crippen LogP contribution in [0.5, 0.6) is 0 Å². The Balaban J connectivity index is 1.92. The van der Waals surface area contributed by atoms with E-state index in [1.54, 1.807) is 4.68 Å². The molecule has 4 nitrogen and oxygen atoms in total. The van der Waals surface area contributed by atoms with Crippen LogP contribution in [-0.4, -0.2) is 27.1 Å². The first-order valence-corrected chi connectivity index (χ1v) is 7.54. The smallest absolute Gasteiger partial charge is 0.0829 e. The van der Waals surface area contributed by atoms with Gasteiger partial charge in [0.15, 0.2) is 0 Å². The molecule has 0 bridgehead atoms. The van der Waals surface area contributed by atoms with Crippen LogP contribution in [0.15, 0.2) is 6.20 Å². The molecule has 1 aliphatic rings. The van der Waals surface area contributed by atoms with Gasteiger partial charge in [-0.25, -0.2) is 0 Å². The lowest BCUT2D eigenvalue weighted by Crippen LogP contribution is -2.41. The fourth-order valence-corrected chi connectivity index (χ4v) is 3.02. The Labute approximate surface area is 117 Å². The first-order valence-electron chi connectivity index (χ1n) is 7.54. The minimum Gasteiger partial charge on any atom is -0.312 e. The summed E-state index contributed by atoms with van der Waals surface area (Å²) in [6, 6.07) is 0. The molecule has 1 aromatic heterocycles. The molecule has 1 heterocycles. The molecule has 0 aromatic carbocycles. The number of aromatic nitrogens is 3. The van der Waals surface area contributed by atoms with E-state index in [0.29, 0.717) is 0 Å². The van der Waals surface area contributed by atoms with Crippen LogP contribution >= 0.6 is 0 Å². The average Bonchev–Trinajstić information content (AvgIpc) is 2.73. The number of hydrogen-bond donors (Lipinski definition) is 1. The fourth-order valence-electron chi connectivity index (χ4n) is 3.02. The van der Waals surface area contributed by atoms with Crippen LogP contribution in [0.4, 0.5) is 0 Å². The number of nitrogens with zero attached hydrogens (tertiary/aromatic N) is 3. The van der Waals surface area contributed by atoms with Crippen molar-refractivity contribution in [3.63, 3.8) is 0 Å². The molecule has 1 N–H and O–H groups in total. The van der Waals surface area contributed by atoms with E-state index in [4.69, 9.17) is 0 Å². The normalized spacial score (nSPS) is 24.6. The Morgan fingerprint density at radius 2 is 1.95 bits per heavy atom. The molecule has 1 aliphatic carbocycles. The van der Waals surface area contributed by atoms with E-state index in [1.165, 1.54) is 25.7 Å². The van der Waals surface area contributed by atoms with Gasteiger partial charge in [0, 0.05) is 18.8 Å². The van der Waals surface area contributed by atoms with Crippen molar-refractivity contribution in [1.82, 2.24) is 20.3 Å². The lowest BCUT2D eigenvalue weighted by molar-refractivity contribution is 0.212. The molecule has 4 heteroatoms. The van der Waals surface area contributed by atoms with Gasteiger partial charge in [0.05, 0.1) is 5.69 Å². The van der Waals surface area contributed by atoms with Gasteiger partial charge in [-0.15, -0.1) is 5.10 Å². The predicted molar refractivity (Wildman–Crippen MR) is 77.9 cm³/mol. The van der Waals surface area contributed by atoms with Gasteiger partial charge < -0.3 is 5.32 Å². The summed E-state index contributed by atoms with van der Waals surface area (Å²) in [6.45, 7) is 7.86. The van der Waals surface area contributed by atoms with Gasteiger partial charge in [0.1, 0.15) is 0 Å². The van der Waals surface area contributed by atoms with E-state index in [9.17, 15) is 0 Å². The van der Waals surface area contributed by atoms with Crippen molar-refractivity contribution in [3.05, 3.63) is 11.9 Å². The molecule has 108 valence electrons. The average molecular weight is 264 g/mol. The van der Waals surface area contributed by atoms with Crippen LogP contribution in [0.3, 0.4) is 0 Å². The summed E-state index contributed by atoms with van der Waals surface area (Å²) in [4.78, 5) is 0. The second-order valence-electron chi connectivity index (χ2n) is 7.02. The van der Waals surface area contributed by atoms with Gasteiger partial charge >= 0.3 is 0 Å². The topological polar surface area (TPSA) is 42.7 Å². The van der Waals surface area contributed by atoms with Crippen molar-refractivity contribution in [2.75, 3.05) is 6.54 Å². The van der Waals surface area contributed by atoms with Crippen molar-refractivity contribution < 1.29 is 0 Å². The van der Waals surface area contributed by atoms with Crippen molar-refractivity contribution in [3.8, 4) is 0 Å². The summed E-state index contributed by atoms with van der Waals surface area (Å²) in [7, 11) is 1.94. The van der Waals surface area contributed by atoms with E-state index in [1.807, 2.05) is 7.05 Å². The molecular weight excluding hydrogens is 236 g/mol. The van der Waals surface area contributed by atoms with Gasteiger partial charge in [0.25, 0.3) is 0 Å². The molecule has 0 saturated heterocycles. The molecule has 0 amide bonds. The summed E-state index contributed by atoms with van der Waals surface area (Å²) in [5.41, 5.74) is 1.37. The molecule has 1 fully saturated rings. The standard InChI is InChI=1S/C15H28N4/c1-15(2,3)16-10-13-8-6-5-7-12(13)9-14-11-19(4)18-17-14/h11-13,16H,5-10H2,1-4H3. The minimum absolute atomic E-state index is 0.217. The maximum absolute atomic E-state index is 4.25. The fraction of sp³-hybridized carbons (Fsp3) is 0.867. The number of nitrogens with one attached hydrogen (secondary N) is 1. The molecule has 2 rings (SSSR count). The monoisotopic (exact) mass is 264 g/mol. The molecule has 0 spiro atoms. The zero-order valence-corrected chi connectivity index (χ0v) is 12.8. The van der Waals surface area contributed by atoms with E-state index in [2.05, 4.69) is 42.6 Å². The van der Waals surface area contributed by atoms with Crippen LogP contribution in [-0.2, 0) is 13.5 Å². The minimum atomic E-state index is 0.217. The van der Waals surface area contributed by atoms with Crippen molar-refractivity contribution >= 4 is 0 Å². The second-order valence-corrected chi connectivity index (χ2v) is 7.02. The Morgan fingerprint density at radius 1 is 1.26 bits per heavy atom. The largest absolute Gasteiger partial charge is 0.312 e. The van der Waals surface area contributed by atoms with Crippen LogP contribution in [0.25, 0.3) is 0 Å². The van der Waals surface area contributed by atoms with Gasteiger partial charge in [0.2, 0.25) is 0 Å². The van der Waals surface area contributed by atoms with Crippen LogP contribution in [0.1, 0.15) is 52.1 Å². The van der Waals surface area contributed by atoms with Crippen molar-refractivity contribution in [1.29, 1.82) is 0 Å². The van der Waals surface area contributed by atoms with Crippen molar-refractivity contribution in [2.24, 2.45) is 18.9 Å². The highest BCUT2D eigenvalue weighted by Crippen LogP contribution is 2.32. The number of aryl methyl sites for hydroxylation is 1. The zero-order chi connectivity index (χ0) is 13.9. The lowest BCUT2D eigenvalue weighted by atomic mass is 9.76. The third kappa shape index (κ3) is 4.60. The molecule has 2 unspecified atom stereocenters. The molecule has 2 atom stereocenters. The summed E-state index contributed by atoms with van der Waals surface area (Å²) >= 11 is 0. The van der Waals surface area contributed by atoms with Crippen LogP contribution < -0.4 is 5.32 Å². The van der Waals surface area contributed by atoms with Gasteiger partial charge in [-0.1, -0.05) is 18.1 Å². The molecule has 0 radical (unpaired) electrons. The first kappa shape index (κ1) is 14.5. The predicted octanol–water partition coefficient (Wildman–Crippen LogP) is 2.55. The molecule has 0 aliphatic heterocycles. The van der Waals surface area contributed by atoms with Gasteiger partial charge in [-0.2, -0.15) is 0 Å². The molecule has 1 saturated carbocycles. The maximum atomic E-state index is 4.25. The van der Waals surface area contributed by atoms with Crippen molar-refractivity contribution in [2.45, 2.75) is 58.4 Å². The second kappa shape index (κ2) is 6.04. The quantitative estimate of drug-likeness (QED) is 0.909.